The van der Waals surface area contributed by atoms with Crippen molar-refractivity contribution in [2.45, 2.75) is 18.6 Å². The lowest BCUT2D eigenvalue weighted by molar-refractivity contribution is 0.166. The summed E-state index contributed by atoms with van der Waals surface area (Å²) in [5.41, 5.74) is 0. The summed E-state index contributed by atoms with van der Waals surface area (Å²) in [6.45, 7) is 0.424. The predicted octanol–water partition coefficient (Wildman–Crippen LogP) is -1.35. The van der Waals surface area contributed by atoms with Gasteiger partial charge in [-0.25, -0.2) is 8.42 Å². The van der Waals surface area contributed by atoms with Crippen LogP contribution in [0.4, 0.5) is 0 Å². The standard InChI is InChI=1S/C7H12N2O3S/c8-2-1-3-9-6-4-13(11,12)5-7(6)10/h6-7,9-10H,1,3-5H2. The Labute approximate surface area is 77.3 Å². The number of aliphatic hydroxyl groups is 1. The largest absolute Gasteiger partial charge is 0.390 e. The SMILES string of the molecule is N#CCCNC1CS(=O)(=O)CC1O. The number of hydrogen-bond donors (Lipinski definition) is 2. The first-order valence-electron chi connectivity index (χ1n) is 4.04. The maximum Gasteiger partial charge on any atom is 0.154 e. The maximum atomic E-state index is 11.0. The minimum absolute atomic E-state index is 0.0282. The fraction of sp³-hybridized carbons (Fsp3) is 0.857. The zero-order valence-electron chi connectivity index (χ0n) is 7.10. The highest BCUT2D eigenvalue weighted by molar-refractivity contribution is 7.91. The number of nitrogens with one attached hydrogen (secondary N) is 1. The highest BCUT2D eigenvalue weighted by Crippen LogP contribution is 2.11. The Kier molecular flexibility index (Phi) is 3.25. The topological polar surface area (TPSA) is 90.2 Å². The van der Waals surface area contributed by atoms with E-state index in [-0.39, 0.29) is 11.5 Å². The van der Waals surface area contributed by atoms with E-state index in [9.17, 15) is 13.5 Å². The molecule has 2 unspecified atom stereocenters. The van der Waals surface area contributed by atoms with Crippen molar-refractivity contribution in [1.29, 1.82) is 5.26 Å². The van der Waals surface area contributed by atoms with Gasteiger partial charge in [-0.2, -0.15) is 5.26 Å². The van der Waals surface area contributed by atoms with Gasteiger partial charge >= 0.3 is 0 Å². The van der Waals surface area contributed by atoms with Crippen LogP contribution in [0.2, 0.25) is 0 Å². The lowest BCUT2D eigenvalue weighted by atomic mass is 10.2. The molecule has 0 aromatic carbocycles. The zero-order valence-corrected chi connectivity index (χ0v) is 7.92. The van der Waals surface area contributed by atoms with E-state index < -0.39 is 22.0 Å². The number of aliphatic hydroxyl groups excluding tert-OH is 1. The fourth-order valence-electron chi connectivity index (χ4n) is 1.34. The number of rotatable bonds is 3. The molecule has 2 N–H and O–H groups in total. The molecule has 5 nitrogen and oxygen atoms in total. The van der Waals surface area contributed by atoms with E-state index in [0.717, 1.165) is 0 Å². The van der Waals surface area contributed by atoms with Gasteiger partial charge in [0.1, 0.15) is 0 Å². The van der Waals surface area contributed by atoms with Gasteiger partial charge in [-0.05, 0) is 0 Å². The summed E-state index contributed by atoms with van der Waals surface area (Å²) in [4.78, 5) is 0. The molecule has 6 heteroatoms. The first kappa shape index (κ1) is 10.4. The second-order valence-electron chi connectivity index (χ2n) is 3.11. The first-order valence-corrected chi connectivity index (χ1v) is 5.86. The van der Waals surface area contributed by atoms with Crippen molar-refractivity contribution >= 4 is 9.84 Å². The van der Waals surface area contributed by atoms with E-state index in [2.05, 4.69) is 5.32 Å². The van der Waals surface area contributed by atoms with Gasteiger partial charge in [-0.3, -0.25) is 0 Å². The average Bonchev–Trinajstić information content (AvgIpc) is 2.25. The Balaban J connectivity index is 2.41. The van der Waals surface area contributed by atoms with Gasteiger partial charge in [0.25, 0.3) is 0 Å². The molecule has 74 valence electrons. The van der Waals surface area contributed by atoms with Crippen LogP contribution in [0.3, 0.4) is 0 Å². The molecular formula is C7H12N2O3S. The molecule has 1 aliphatic heterocycles. The third-order valence-electron chi connectivity index (χ3n) is 1.97. The molecule has 1 rings (SSSR count). The van der Waals surface area contributed by atoms with Crippen LogP contribution in [-0.4, -0.2) is 43.7 Å². The van der Waals surface area contributed by atoms with Crippen LogP contribution >= 0.6 is 0 Å². The average molecular weight is 204 g/mol. The highest BCUT2D eigenvalue weighted by Gasteiger charge is 2.35. The van der Waals surface area contributed by atoms with Gasteiger partial charge in [0.2, 0.25) is 0 Å². The summed E-state index contributed by atoms with van der Waals surface area (Å²) in [5, 5.41) is 20.4. The Bertz CT molecular complexity index is 306. The Hall–Kier alpha value is -0.640. The van der Waals surface area contributed by atoms with Crippen LogP contribution in [0, 0.1) is 11.3 Å². The van der Waals surface area contributed by atoms with Crippen LogP contribution in [0.25, 0.3) is 0 Å². The van der Waals surface area contributed by atoms with Gasteiger partial charge in [0.05, 0.1) is 23.7 Å². The number of nitriles is 1. The van der Waals surface area contributed by atoms with Crippen molar-refractivity contribution in [1.82, 2.24) is 5.32 Å². The molecule has 0 aliphatic carbocycles. The summed E-state index contributed by atoms with van der Waals surface area (Å²) in [6.07, 6.45) is -0.507. The van der Waals surface area contributed by atoms with Crippen molar-refractivity contribution in [2.75, 3.05) is 18.1 Å². The fourth-order valence-corrected chi connectivity index (χ4v) is 3.11. The molecule has 0 saturated carbocycles. The van der Waals surface area contributed by atoms with Crippen LogP contribution in [0.15, 0.2) is 0 Å². The molecule has 0 radical (unpaired) electrons. The number of sulfone groups is 1. The minimum Gasteiger partial charge on any atom is -0.390 e. The summed E-state index contributed by atoms with van der Waals surface area (Å²) >= 11 is 0. The lowest BCUT2D eigenvalue weighted by Gasteiger charge is -2.12. The van der Waals surface area contributed by atoms with Crippen LogP contribution in [0.5, 0.6) is 0 Å². The predicted molar refractivity (Wildman–Crippen MR) is 46.7 cm³/mol. The maximum absolute atomic E-state index is 11.0. The second-order valence-corrected chi connectivity index (χ2v) is 5.27. The van der Waals surface area contributed by atoms with E-state index in [1.54, 1.807) is 0 Å². The van der Waals surface area contributed by atoms with Gasteiger partial charge in [0, 0.05) is 19.0 Å². The molecule has 2 atom stereocenters. The van der Waals surface area contributed by atoms with Crippen molar-refractivity contribution in [3.05, 3.63) is 0 Å². The van der Waals surface area contributed by atoms with Crippen molar-refractivity contribution in [3.8, 4) is 6.07 Å². The molecule has 0 aromatic rings. The third kappa shape index (κ3) is 2.95. The van der Waals surface area contributed by atoms with Gasteiger partial charge in [-0.15, -0.1) is 0 Å². The van der Waals surface area contributed by atoms with Crippen LogP contribution in [-0.2, 0) is 9.84 Å². The summed E-state index contributed by atoms with van der Waals surface area (Å²) < 4.78 is 22.0. The molecule has 13 heavy (non-hydrogen) atoms. The van der Waals surface area contributed by atoms with E-state index >= 15 is 0 Å². The smallest absolute Gasteiger partial charge is 0.154 e. The highest BCUT2D eigenvalue weighted by atomic mass is 32.2. The van der Waals surface area contributed by atoms with Crippen LogP contribution < -0.4 is 5.32 Å². The second kappa shape index (κ2) is 4.05. The van der Waals surface area contributed by atoms with E-state index in [0.29, 0.717) is 13.0 Å². The molecule has 1 fully saturated rings. The summed E-state index contributed by atoms with van der Waals surface area (Å²) in [5.74, 6) is -0.198. The minimum atomic E-state index is -3.08. The molecule has 0 amide bonds. The van der Waals surface area contributed by atoms with Gasteiger partial charge in [-0.1, -0.05) is 0 Å². The summed E-state index contributed by atoms with van der Waals surface area (Å²) in [6, 6.07) is 1.53. The molecular weight excluding hydrogens is 192 g/mol. The molecule has 1 saturated heterocycles. The van der Waals surface area contributed by atoms with Crippen molar-refractivity contribution in [3.63, 3.8) is 0 Å². The third-order valence-corrected chi connectivity index (χ3v) is 3.68. The normalized spacial score (nSPS) is 31.4. The van der Waals surface area contributed by atoms with E-state index in [1.165, 1.54) is 0 Å². The van der Waals surface area contributed by atoms with Gasteiger partial charge < -0.3 is 10.4 Å². The number of nitrogens with zero attached hydrogens (tertiary/aromatic N) is 1. The molecule has 0 spiro atoms. The molecule has 1 heterocycles. The molecule has 0 aromatic heterocycles. The van der Waals surface area contributed by atoms with Gasteiger partial charge in [0.15, 0.2) is 9.84 Å². The van der Waals surface area contributed by atoms with E-state index in [4.69, 9.17) is 5.26 Å². The Morgan fingerprint density at radius 3 is 2.69 bits per heavy atom. The quantitative estimate of drug-likeness (QED) is 0.555. The Morgan fingerprint density at radius 2 is 2.23 bits per heavy atom. The lowest BCUT2D eigenvalue weighted by Crippen LogP contribution is -2.39. The first-order chi connectivity index (χ1) is 6.05. The monoisotopic (exact) mass is 204 g/mol. The van der Waals surface area contributed by atoms with Crippen LogP contribution in [0.1, 0.15) is 6.42 Å². The molecule has 1 aliphatic rings. The zero-order chi connectivity index (χ0) is 9.90. The summed E-state index contributed by atoms with van der Waals surface area (Å²) in [7, 11) is -3.08. The van der Waals surface area contributed by atoms with Crippen molar-refractivity contribution < 1.29 is 13.5 Å². The van der Waals surface area contributed by atoms with E-state index in [1.807, 2.05) is 6.07 Å². The molecule has 0 bridgehead atoms. The number of hydrogen-bond acceptors (Lipinski definition) is 5. The van der Waals surface area contributed by atoms with Crippen molar-refractivity contribution in [2.24, 2.45) is 0 Å². The Morgan fingerprint density at radius 1 is 1.54 bits per heavy atom.